The third kappa shape index (κ3) is 8.57. The summed E-state index contributed by atoms with van der Waals surface area (Å²) in [5, 5.41) is 2.92. The smallest absolute Gasteiger partial charge is 0.254 e. The van der Waals surface area contributed by atoms with E-state index in [1.54, 1.807) is 43.3 Å². The lowest BCUT2D eigenvalue weighted by molar-refractivity contribution is -0.140. The molecule has 1 heterocycles. The fourth-order valence-electron chi connectivity index (χ4n) is 4.79. The molecule has 0 bridgehead atoms. The van der Waals surface area contributed by atoms with E-state index in [0.717, 1.165) is 6.26 Å². The van der Waals surface area contributed by atoms with Crippen LogP contribution in [0.2, 0.25) is 0 Å². The number of hydrogen-bond acceptors (Lipinski definition) is 6. The molecule has 224 valence electrons. The molecule has 2 aliphatic rings. The van der Waals surface area contributed by atoms with Crippen LogP contribution in [0.15, 0.2) is 66.5 Å². The van der Waals surface area contributed by atoms with E-state index in [0.29, 0.717) is 17.6 Å². The molecule has 1 N–H and O–H groups in total. The van der Waals surface area contributed by atoms with Crippen molar-refractivity contribution in [2.75, 3.05) is 52.7 Å². The standard InChI is InChI=1S/C29H39FN4O6S/c1-6-23(30)13-12-21(2)24-18-29(24,3)31-26(35)20-40-19-25(32(4)27(36)22-10-8-7-9-11-22)28(37)33-14-16-34(17-15-33)41(5,38)39/h6-13,24-25H,2,14-20H2,1,3-5H3,(H,31,35)/b13-12-,23-6+/t24-,25-,29+/m0/s1. The number of allylic oxidation sites excluding steroid dienone is 4. The zero-order valence-corrected chi connectivity index (χ0v) is 24.8. The molecule has 12 heteroatoms. The fraction of sp³-hybridized carbons (Fsp3) is 0.483. The van der Waals surface area contributed by atoms with Crippen molar-refractivity contribution in [3.05, 3.63) is 72.1 Å². The summed E-state index contributed by atoms with van der Waals surface area (Å²) in [6.07, 6.45) is 6.04. The first-order valence-corrected chi connectivity index (χ1v) is 15.2. The summed E-state index contributed by atoms with van der Waals surface area (Å²) in [6.45, 7) is 7.52. The summed E-state index contributed by atoms with van der Waals surface area (Å²) >= 11 is 0. The number of carbonyl (C=O) groups excluding carboxylic acids is 3. The summed E-state index contributed by atoms with van der Waals surface area (Å²) in [7, 11) is -1.88. The van der Waals surface area contributed by atoms with Crippen molar-refractivity contribution >= 4 is 27.7 Å². The van der Waals surface area contributed by atoms with Crippen LogP contribution in [0.1, 0.15) is 30.6 Å². The zero-order chi connectivity index (χ0) is 30.4. The van der Waals surface area contributed by atoms with E-state index in [1.807, 2.05) is 6.92 Å². The highest BCUT2D eigenvalue weighted by molar-refractivity contribution is 7.88. The van der Waals surface area contributed by atoms with Gasteiger partial charge >= 0.3 is 0 Å². The van der Waals surface area contributed by atoms with Crippen molar-refractivity contribution in [2.45, 2.75) is 31.8 Å². The van der Waals surface area contributed by atoms with Crippen LogP contribution in [0.25, 0.3) is 0 Å². The molecule has 3 atom stereocenters. The molecule has 41 heavy (non-hydrogen) atoms. The van der Waals surface area contributed by atoms with Gasteiger partial charge in [0.25, 0.3) is 5.91 Å². The van der Waals surface area contributed by atoms with Crippen LogP contribution in [0.5, 0.6) is 0 Å². The molecule has 0 aromatic heterocycles. The van der Waals surface area contributed by atoms with E-state index in [-0.39, 0.29) is 57.0 Å². The number of amides is 3. The molecule has 1 aliphatic carbocycles. The first-order chi connectivity index (χ1) is 19.3. The van der Waals surface area contributed by atoms with Gasteiger partial charge in [0.2, 0.25) is 21.8 Å². The first-order valence-electron chi connectivity index (χ1n) is 13.4. The maximum absolute atomic E-state index is 13.5. The van der Waals surface area contributed by atoms with E-state index < -0.39 is 33.4 Å². The number of nitrogens with one attached hydrogen (secondary N) is 1. The van der Waals surface area contributed by atoms with Gasteiger partial charge in [-0.3, -0.25) is 14.4 Å². The molecule has 0 unspecified atom stereocenters. The Labute approximate surface area is 241 Å². The number of rotatable bonds is 12. The van der Waals surface area contributed by atoms with Crippen LogP contribution in [-0.2, 0) is 24.3 Å². The number of carbonyl (C=O) groups is 3. The maximum Gasteiger partial charge on any atom is 0.254 e. The van der Waals surface area contributed by atoms with E-state index >= 15 is 0 Å². The second-order valence-corrected chi connectivity index (χ2v) is 12.6. The zero-order valence-electron chi connectivity index (χ0n) is 24.0. The van der Waals surface area contributed by atoms with Crippen LogP contribution in [0, 0.1) is 5.92 Å². The molecule has 1 aromatic rings. The van der Waals surface area contributed by atoms with Gasteiger partial charge in [-0.05, 0) is 44.1 Å². The predicted octanol–water partition coefficient (Wildman–Crippen LogP) is 2.13. The van der Waals surface area contributed by atoms with Gasteiger partial charge in [0, 0.05) is 50.2 Å². The van der Waals surface area contributed by atoms with E-state index in [9.17, 15) is 27.2 Å². The van der Waals surface area contributed by atoms with Crippen molar-refractivity contribution in [1.82, 2.24) is 19.4 Å². The molecule has 1 saturated heterocycles. The molecule has 1 aromatic carbocycles. The van der Waals surface area contributed by atoms with Gasteiger partial charge in [-0.1, -0.05) is 36.9 Å². The largest absolute Gasteiger partial charge is 0.369 e. The Morgan fingerprint density at radius 1 is 1.20 bits per heavy atom. The number of piperazine rings is 1. The minimum absolute atomic E-state index is 0.0399. The van der Waals surface area contributed by atoms with Crippen LogP contribution in [-0.4, -0.2) is 105 Å². The lowest BCUT2D eigenvalue weighted by Crippen LogP contribution is -2.57. The van der Waals surface area contributed by atoms with Crippen molar-refractivity contribution < 1.29 is 31.9 Å². The lowest BCUT2D eigenvalue weighted by Gasteiger charge is -2.37. The highest BCUT2D eigenvalue weighted by atomic mass is 32.2. The second kappa shape index (κ2) is 13.5. The number of nitrogens with zero attached hydrogens (tertiary/aromatic N) is 3. The Morgan fingerprint density at radius 2 is 1.83 bits per heavy atom. The fourth-order valence-corrected chi connectivity index (χ4v) is 5.61. The molecule has 1 saturated carbocycles. The van der Waals surface area contributed by atoms with Gasteiger partial charge in [0.1, 0.15) is 18.5 Å². The van der Waals surface area contributed by atoms with Crippen molar-refractivity contribution in [3.63, 3.8) is 0 Å². The SMILES string of the molecule is C=C(/C=C\C(F)=C/C)[C@@H]1C[C@@]1(C)NC(=O)COC[C@@H](C(=O)N1CCN(S(C)(=O)=O)CC1)N(C)C(=O)c1ccccc1. The van der Waals surface area contributed by atoms with Crippen molar-refractivity contribution in [1.29, 1.82) is 0 Å². The van der Waals surface area contributed by atoms with E-state index in [2.05, 4.69) is 11.9 Å². The van der Waals surface area contributed by atoms with Crippen molar-refractivity contribution in [3.8, 4) is 0 Å². The summed E-state index contributed by atoms with van der Waals surface area (Å²) in [5.41, 5.74) is 0.556. The molecule has 0 radical (unpaired) electrons. The third-order valence-electron chi connectivity index (χ3n) is 7.46. The Morgan fingerprint density at radius 3 is 2.41 bits per heavy atom. The molecular formula is C29H39FN4O6S. The predicted molar refractivity (Wildman–Crippen MR) is 154 cm³/mol. The van der Waals surface area contributed by atoms with Crippen LogP contribution >= 0.6 is 0 Å². The minimum atomic E-state index is -3.38. The third-order valence-corrected chi connectivity index (χ3v) is 8.77. The van der Waals surface area contributed by atoms with Gasteiger partial charge in [0.15, 0.2) is 0 Å². The summed E-state index contributed by atoms with van der Waals surface area (Å²) in [5.74, 6) is -1.58. The van der Waals surface area contributed by atoms with Crippen LogP contribution in [0.4, 0.5) is 4.39 Å². The van der Waals surface area contributed by atoms with E-state index in [1.165, 1.54) is 33.3 Å². The summed E-state index contributed by atoms with van der Waals surface area (Å²) < 4.78 is 44.1. The number of ether oxygens (including phenoxy) is 1. The quantitative estimate of drug-likeness (QED) is 0.373. The highest BCUT2D eigenvalue weighted by Gasteiger charge is 2.52. The van der Waals surface area contributed by atoms with Gasteiger partial charge in [-0.25, -0.2) is 12.8 Å². The maximum atomic E-state index is 13.5. The van der Waals surface area contributed by atoms with Crippen LogP contribution < -0.4 is 5.32 Å². The van der Waals surface area contributed by atoms with Crippen molar-refractivity contribution in [2.24, 2.45) is 5.92 Å². The average Bonchev–Trinajstić information content (AvgIpc) is 3.62. The van der Waals surface area contributed by atoms with Gasteiger partial charge < -0.3 is 19.9 Å². The average molecular weight is 591 g/mol. The Balaban J connectivity index is 1.62. The van der Waals surface area contributed by atoms with Gasteiger partial charge in [0.05, 0.1) is 12.9 Å². The van der Waals surface area contributed by atoms with Gasteiger partial charge in [-0.2, -0.15) is 4.31 Å². The molecule has 1 aliphatic heterocycles. The topological polar surface area (TPSA) is 116 Å². The normalized spacial score (nSPS) is 22.3. The number of halogens is 1. The number of likely N-dealkylation sites (N-methyl/N-ethyl adjacent to an activating group) is 1. The molecule has 3 amide bonds. The second-order valence-electron chi connectivity index (χ2n) is 10.6. The summed E-state index contributed by atoms with van der Waals surface area (Å²) in [4.78, 5) is 42.2. The number of sulfonamides is 1. The summed E-state index contributed by atoms with van der Waals surface area (Å²) in [6, 6.07) is 7.47. The van der Waals surface area contributed by atoms with Crippen LogP contribution in [0.3, 0.4) is 0 Å². The first kappa shape index (κ1) is 32.2. The molecule has 3 rings (SSSR count). The number of hydrogen-bond donors (Lipinski definition) is 1. The van der Waals surface area contributed by atoms with E-state index in [4.69, 9.17) is 4.74 Å². The molecule has 0 spiro atoms. The lowest BCUT2D eigenvalue weighted by atomic mass is 10.1. The highest BCUT2D eigenvalue weighted by Crippen LogP contribution is 2.47. The Kier molecular flexibility index (Phi) is 10.6. The van der Waals surface area contributed by atoms with Gasteiger partial charge in [-0.15, -0.1) is 0 Å². The Bertz CT molecular complexity index is 1310. The monoisotopic (exact) mass is 590 g/mol. The molecule has 10 nitrogen and oxygen atoms in total. The molecular weight excluding hydrogens is 551 g/mol. The Hall–Kier alpha value is -3.35. The minimum Gasteiger partial charge on any atom is -0.369 e. The molecule has 2 fully saturated rings. The number of benzene rings is 1.